The average molecular weight is 392 g/mol. The van der Waals surface area contributed by atoms with Crippen LogP contribution < -0.4 is 19.1 Å². The first kappa shape index (κ1) is 20.6. The Morgan fingerprint density at radius 3 is 2.33 bits per heavy atom. The van der Waals surface area contributed by atoms with Crippen molar-refractivity contribution in [3.63, 3.8) is 0 Å². The number of nitrogens with one attached hydrogen (secondary N) is 1. The molecule has 0 aliphatic heterocycles. The van der Waals surface area contributed by atoms with E-state index < -0.39 is 15.9 Å². The maximum absolute atomic E-state index is 12.6. The van der Waals surface area contributed by atoms with Crippen molar-refractivity contribution in [3.05, 3.63) is 47.5 Å². The van der Waals surface area contributed by atoms with E-state index in [0.29, 0.717) is 22.9 Å². The molecular weight excluding hydrogens is 368 g/mol. The first-order valence-corrected chi connectivity index (χ1v) is 10.1. The van der Waals surface area contributed by atoms with E-state index in [0.717, 1.165) is 21.7 Å². The Kier molecular flexibility index (Phi) is 6.32. The van der Waals surface area contributed by atoms with Crippen molar-refractivity contribution in [1.82, 2.24) is 0 Å². The van der Waals surface area contributed by atoms with E-state index in [-0.39, 0.29) is 6.54 Å². The third-order valence-electron chi connectivity index (χ3n) is 3.99. The molecule has 1 amide bonds. The molecule has 0 unspecified atom stereocenters. The predicted octanol–water partition coefficient (Wildman–Crippen LogP) is 2.73. The maximum Gasteiger partial charge on any atom is 0.245 e. The highest BCUT2D eigenvalue weighted by Gasteiger charge is 2.23. The van der Waals surface area contributed by atoms with Gasteiger partial charge >= 0.3 is 0 Å². The number of amides is 1. The molecule has 0 aromatic heterocycles. The molecule has 0 aliphatic carbocycles. The highest BCUT2D eigenvalue weighted by molar-refractivity contribution is 7.92. The molecule has 0 fully saturated rings. The van der Waals surface area contributed by atoms with Gasteiger partial charge in [-0.05, 0) is 37.6 Å². The van der Waals surface area contributed by atoms with Gasteiger partial charge in [0.15, 0.2) is 0 Å². The third kappa shape index (κ3) is 5.13. The number of anilines is 2. The van der Waals surface area contributed by atoms with Gasteiger partial charge in [0.1, 0.15) is 18.0 Å². The highest BCUT2D eigenvalue weighted by atomic mass is 32.2. The van der Waals surface area contributed by atoms with E-state index in [1.807, 2.05) is 26.0 Å². The summed E-state index contributed by atoms with van der Waals surface area (Å²) in [5, 5.41) is 2.69. The predicted molar refractivity (Wildman–Crippen MR) is 106 cm³/mol. The molecule has 0 saturated carbocycles. The molecule has 2 aromatic carbocycles. The maximum atomic E-state index is 12.6. The third-order valence-corrected chi connectivity index (χ3v) is 5.12. The number of ether oxygens (including phenoxy) is 2. The summed E-state index contributed by atoms with van der Waals surface area (Å²) in [6.45, 7) is 3.37. The number of hydrogen-bond acceptors (Lipinski definition) is 5. The van der Waals surface area contributed by atoms with Crippen molar-refractivity contribution in [1.29, 1.82) is 0 Å². The number of benzene rings is 2. The van der Waals surface area contributed by atoms with E-state index in [1.165, 1.54) is 14.2 Å². The molecule has 0 bridgehead atoms. The van der Waals surface area contributed by atoms with Gasteiger partial charge in [-0.2, -0.15) is 0 Å². The molecular formula is C19H24N2O5S. The van der Waals surface area contributed by atoms with Crippen LogP contribution in [0.5, 0.6) is 11.5 Å². The lowest BCUT2D eigenvalue weighted by Crippen LogP contribution is -2.37. The second kappa shape index (κ2) is 8.30. The summed E-state index contributed by atoms with van der Waals surface area (Å²) in [7, 11) is -0.658. The summed E-state index contributed by atoms with van der Waals surface area (Å²) >= 11 is 0. The fourth-order valence-electron chi connectivity index (χ4n) is 2.70. The van der Waals surface area contributed by atoms with Gasteiger partial charge in [0.25, 0.3) is 0 Å². The van der Waals surface area contributed by atoms with Gasteiger partial charge < -0.3 is 14.8 Å². The molecule has 0 saturated heterocycles. The first-order chi connectivity index (χ1) is 12.7. The molecule has 2 rings (SSSR count). The van der Waals surface area contributed by atoms with Crippen LogP contribution in [0.25, 0.3) is 0 Å². The highest BCUT2D eigenvalue weighted by Crippen LogP contribution is 2.29. The van der Waals surface area contributed by atoms with Crippen LogP contribution in [-0.2, 0) is 14.8 Å². The van der Waals surface area contributed by atoms with Crippen molar-refractivity contribution in [2.24, 2.45) is 0 Å². The molecule has 146 valence electrons. The zero-order valence-corrected chi connectivity index (χ0v) is 16.9. The number of rotatable bonds is 7. The molecule has 0 aliphatic rings. The molecule has 2 aromatic rings. The summed E-state index contributed by atoms with van der Waals surface area (Å²) in [5.41, 5.74) is 2.65. The van der Waals surface area contributed by atoms with Crippen LogP contribution in [-0.4, -0.2) is 41.3 Å². The first-order valence-electron chi connectivity index (χ1n) is 8.22. The monoisotopic (exact) mass is 392 g/mol. The molecule has 7 nitrogen and oxygen atoms in total. The number of methoxy groups -OCH3 is 2. The van der Waals surface area contributed by atoms with Gasteiger partial charge in [0.05, 0.1) is 31.9 Å². The van der Waals surface area contributed by atoms with Crippen molar-refractivity contribution < 1.29 is 22.7 Å². The summed E-state index contributed by atoms with van der Waals surface area (Å²) in [6.07, 6.45) is 1.08. The fraction of sp³-hybridized carbons (Fsp3) is 0.316. The van der Waals surface area contributed by atoms with Gasteiger partial charge in [-0.3, -0.25) is 9.10 Å². The minimum absolute atomic E-state index is 0.358. The molecule has 27 heavy (non-hydrogen) atoms. The van der Waals surface area contributed by atoms with Gasteiger partial charge in [0.2, 0.25) is 15.9 Å². The largest absolute Gasteiger partial charge is 0.497 e. The molecule has 0 atom stereocenters. The van der Waals surface area contributed by atoms with Crippen LogP contribution in [0, 0.1) is 13.8 Å². The molecule has 0 spiro atoms. The minimum Gasteiger partial charge on any atom is -0.497 e. The van der Waals surface area contributed by atoms with Crippen LogP contribution in [0.4, 0.5) is 11.4 Å². The van der Waals surface area contributed by atoms with E-state index in [9.17, 15) is 13.2 Å². The number of carbonyl (C=O) groups excluding carboxylic acids is 1. The summed E-state index contributed by atoms with van der Waals surface area (Å²) in [5.74, 6) is 0.494. The van der Waals surface area contributed by atoms with Crippen LogP contribution in [0.1, 0.15) is 11.1 Å². The lowest BCUT2D eigenvalue weighted by atomic mass is 10.1. The van der Waals surface area contributed by atoms with Crippen molar-refractivity contribution in [2.45, 2.75) is 13.8 Å². The second-order valence-electron chi connectivity index (χ2n) is 6.17. The number of aryl methyl sites for hydroxylation is 2. The number of sulfonamides is 1. The van der Waals surface area contributed by atoms with Gasteiger partial charge in [-0.25, -0.2) is 8.42 Å². The number of nitrogens with zero attached hydrogens (tertiary/aromatic N) is 1. The van der Waals surface area contributed by atoms with Crippen molar-refractivity contribution in [3.8, 4) is 11.5 Å². The van der Waals surface area contributed by atoms with E-state index >= 15 is 0 Å². The lowest BCUT2D eigenvalue weighted by Gasteiger charge is -2.24. The minimum atomic E-state index is -3.65. The van der Waals surface area contributed by atoms with Crippen molar-refractivity contribution in [2.75, 3.05) is 36.6 Å². The quantitative estimate of drug-likeness (QED) is 0.783. The smallest absolute Gasteiger partial charge is 0.245 e. The molecule has 8 heteroatoms. The summed E-state index contributed by atoms with van der Waals surface area (Å²) in [6, 6.07) is 10.4. The summed E-state index contributed by atoms with van der Waals surface area (Å²) < 4.78 is 36.0. The zero-order chi connectivity index (χ0) is 20.2. The normalized spacial score (nSPS) is 11.0. The standard InChI is InChI=1S/C19H24N2O5S/c1-13-6-8-17(14(2)10-13)21(27(5,23)24)12-19(22)20-16-11-15(25-3)7-9-18(16)26-4/h6-11H,12H2,1-5H3,(H,20,22). The van der Waals surface area contributed by atoms with Gasteiger partial charge in [-0.1, -0.05) is 17.7 Å². The van der Waals surface area contributed by atoms with Crippen molar-refractivity contribution >= 4 is 27.3 Å². The number of hydrogen-bond donors (Lipinski definition) is 1. The van der Waals surface area contributed by atoms with Crippen LogP contribution in [0.2, 0.25) is 0 Å². The average Bonchev–Trinajstić information content (AvgIpc) is 2.59. The number of carbonyl (C=O) groups is 1. The Balaban J connectivity index is 2.30. The zero-order valence-electron chi connectivity index (χ0n) is 16.1. The molecule has 0 heterocycles. The topological polar surface area (TPSA) is 84.9 Å². The van der Waals surface area contributed by atoms with E-state index in [4.69, 9.17) is 9.47 Å². The Hall–Kier alpha value is -2.74. The van der Waals surface area contributed by atoms with Gasteiger partial charge in [0, 0.05) is 6.07 Å². The molecule has 1 N–H and O–H groups in total. The Morgan fingerprint density at radius 2 is 1.78 bits per heavy atom. The second-order valence-corrected chi connectivity index (χ2v) is 8.08. The Labute approximate surface area is 160 Å². The van der Waals surface area contributed by atoms with Crippen LogP contribution in [0.15, 0.2) is 36.4 Å². The summed E-state index contributed by atoms with van der Waals surface area (Å²) in [4.78, 5) is 12.6. The Morgan fingerprint density at radius 1 is 1.07 bits per heavy atom. The molecule has 0 radical (unpaired) electrons. The lowest BCUT2D eigenvalue weighted by molar-refractivity contribution is -0.114. The van der Waals surface area contributed by atoms with E-state index in [1.54, 1.807) is 24.3 Å². The van der Waals surface area contributed by atoms with Crippen LogP contribution >= 0.6 is 0 Å². The van der Waals surface area contributed by atoms with Gasteiger partial charge in [-0.15, -0.1) is 0 Å². The SMILES string of the molecule is COc1ccc(OC)c(NC(=O)CN(c2ccc(C)cc2C)S(C)(=O)=O)c1. The Bertz CT molecular complexity index is 941. The fourth-order valence-corrected chi connectivity index (χ4v) is 3.61. The van der Waals surface area contributed by atoms with Crippen LogP contribution in [0.3, 0.4) is 0 Å². The van der Waals surface area contributed by atoms with E-state index in [2.05, 4.69) is 5.32 Å².